The standard InChI is InChI=1S/C19H33N3O2/c1-7-13-22(18(23)24-19(2,3)4)14-12-20-15-16-8-10-17(11-9-16)21(5)6/h8-11,20H,7,12-15H2,1-6H3. The summed E-state index contributed by atoms with van der Waals surface area (Å²) in [6, 6.07) is 8.47. The molecule has 5 nitrogen and oxygen atoms in total. The molecule has 0 spiro atoms. The van der Waals surface area contributed by atoms with Crippen molar-refractivity contribution in [3.05, 3.63) is 29.8 Å². The summed E-state index contributed by atoms with van der Waals surface area (Å²) < 4.78 is 5.46. The molecule has 0 bridgehead atoms. The summed E-state index contributed by atoms with van der Waals surface area (Å²) in [6.07, 6.45) is 0.687. The van der Waals surface area contributed by atoms with Gasteiger partial charge in [-0.25, -0.2) is 4.79 Å². The minimum Gasteiger partial charge on any atom is -0.444 e. The van der Waals surface area contributed by atoms with E-state index in [0.29, 0.717) is 13.1 Å². The molecular weight excluding hydrogens is 302 g/mol. The summed E-state index contributed by atoms with van der Waals surface area (Å²) in [6.45, 7) is 10.7. The van der Waals surface area contributed by atoms with Crippen LogP contribution >= 0.6 is 0 Å². The van der Waals surface area contributed by atoms with E-state index in [0.717, 1.165) is 19.5 Å². The fourth-order valence-electron chi connectivity index (χ4n) is 2.25. The first-order valence-corrected chi connectivity index (χ1v) is 8.68. The van der Waals surface area contributed by atoms with Gasteiger partial charge in [0.25, 0.3) is 0 Å². The maximum Gasteiger partial charge on any atom is 0.410 e. The molecule has 0 atom stereocenters. The largest absolute Gasteiger partial charge is 0.444 e. The Morgan fingerprint density at radius 2 is 1.75 bits per heavy atom. The highest BCUT2D eigenvalue weighted by Gasteiger charge is 2.21. The van der Waals surface area contributed by atoms with Crippen molar-refractivity contribution in [1.82, 2.24) is 10.2 Å². The molecule has 1 amide bonds. The Labute approximate surface area is 147 Å². The second kappa shape index (κ2) is 9.52. The number of amides is 1. The second-order valence-electron chi connectivity index (χ2n) is 7.21. The zero-order valence-corrected chi connectivity index (χ0v) is 16.1. The van der Waals surface area contributed by atoms with Gasteiger partial charge in [-0.2, -0.15) is 0 Å². The van der Waals surface area contributed by atoms with Crippen molar-refractivity contribution in [3.8, 4) is 0 Å². The van der Waals surface area contributed by atoms with Gasteiger partial charge >= 0.3 is 6.09 Å². The highest BCUT2D eigenvalue weighted by Crippen LogP contribution is 2.12. The first-order chi connectivity index (χ1) is 11.2. The van der Waals surface area contributed by atoms with Gasteiger partial charge in [0.05, 0.1) is 0 Å². The number of anilines is 1. The molecule has 0 fully saturated rings. The predicted molar refractivity (Wildman–Crippen MR) is 101 cm³/mol. The molecule has 0 aromatic heterocycles. The van der Waals surface area contributed by atoms with Crippen molar-refractivity contribution in [3.63, 3.8) is 0 Å². The molecule has 0 heterocycles. The van der Waals surface area contributed by atoms with E-state index in [-0.39, 0.29) is 6.09 Å². The fourth-order valence-corrected chi connectivity index (χ4v) is 2.25. The summed E-state index contributed by atoms with van der Waals surface area (Å²) in [4.78, 5) is 16.0. The van der Waals surface area contributed by atoms with E-state index in [1.54, 1.807) is 4.90 Å². The van der Waals surface area contributed by atoms with Gasteiger partial charge in [0.1, 0.15) is 5.60 Å². The molecule has 1 aromatic carbocycles. The first kappa shape index (κ1) is 20.3. The van der Waals surface area contributed by atoms with Gasteiger partial charge in [0, 0.05) is 46.0 Å². The summed E-state index contributed by atoms with van der Waals surface area (Å²) in [5.74, 6) is 0. The smallest absolute Gasteiger partial charge is 0.410 e. The maximum absolute atomic E-state index is 12.2. The molecule has 0 radical (unpaired) electrons. The number of nitrogens with zero attached hydrogens (tertiary/aromatic N) is 2. The zero-order chi connectivity index (χ0) is 18.2. The quantitative estimate of drug-likeness (QED) is 0.739. The van der Waals surface area contributed by atoms with Crippen LogP contribution < -0.4 is 10.2 Å². The lowest BCUT2D eigenvalue weighted by molar-refractivity contribution is 0.0252. The average molecular weight is 335 g/mol. The van der Waals surface area contributed by atoms with E-state index in [9.17, 15) is 4.79 Å². The van der Waals surface area contributed by atoms with Crippen LogP contribution in [0.4, 0.5) is 10.5 Å². The van der Waals surface area contributed by atoms with Crippen LogP contribution in [0.15, 0.2) is 24.3 Å². The molecule has 1 rings (SSSR count). The Kier molecular flexibility index (Phi) is 8.05. The van der Waals surface area contributed by atoms with E-state index < -0.39 is 5.60 Å². The molecule has 5 heteroatoms. The van der Waals surface area contributed by atoms with Crippen molar-refractivity contribution < 1.29 is 9.53 Å². The van der Waals surface area contributed by atoms with Gasteiger partial charge in [0.2, 0.25) is 0 Å². The molecule has 0 aliphatic heterocycles. The molecule has 0 saturated heterocycles. The average Bonchev–Trinajstić information content (AvgIpc) is 2.49. The minimum atomic E-state index is -0.454. The van der Waals surface area contributed by atoms with E-state index in [4.69, 9.17) is 4.74 Å². The number of carbonyl (C=O) groups excluding carboxylic acids is 1. The first-order valence-electron chi connectivity index (χ1n) is 8.68. The van der Waals surface area contributed by atoms with Crippen molar-refractivity contribution in [2.45, 2.75) is 46.3 Å². The third-order valence-corrected chi connectivity index (χ3v) is 3.49. The molecule has 24 heavy (non-hydrogen) atoms. The molecule has 0 saturated carbocycles. The van der Waals surface area contributed by atoms with Crippen LogP contribution in [0, 0.1) is 0 Å². The number of nitrogens with one attached hydrogen (secondary N) is 1. The van der Waals surface area contributed by atoms with Gasteiger partial charge in [-0.3, -0.25) is 0 Å². The van der Waals surface area contributed by atoms with E-state index in [2.05, 4.69) is 41.4 Å². The normalized spacial score (nSPS) is 11.2. The molecule has 136 valence electrons. The lowest BCUT2D eigenvalue weighted by Crippen LogP contribution is -2.40. The summed E-state index contributed by atoms with van der Waals surface area (Å²) >= 11 is 0. The fraction of sp³-hybridized carbons (Fsp3) is 0.632. The van der Waals surface area contributed by atoms with Crippen LogP contribution in [-0.2, 0) is 11.3 Å². The van der Waals surface area contributed by atoms with Gasteiger partial charge in [0.15, 0.2) is 0 Å². The van der Waals surface area contributed by atoms with E-state index in [1.165, 1.54) is 11.3 Å². The molecule has 1 N–H and O–H groups in total. The van der Waals surface area contributed by atoms with Crippen LogP contribution in [0.5, 0.6) is 0 Å². The Bertz CT molecular complexity index is 492. The zero-order valence-electron chi connectivity index (χ0n) is 16.1. The van der Waals surface area contributed by atoms with Crippen molar-refractivity contribution >= 4 is 11.8 Å². The lowest BCUT2D eigenvalue weighted by atomic mass is 10.2. The molecule has 0 aliphatic rings. The van der Waals surface area contributed by atoms with Crippen molar-refractivity contribution in [2.75, 3.05) is 38.6 Å². The number of hydrogen-bond acceptors (Lipinski definition) is 4. The van der Waals surface area contributed by atoms with Crippen LogP contribution in [0.3, 0.4) is 0 Å². The van der Waals surface area contributed by atoms with Crippen LogP contribution in [0.25, 0.3) is 0 Å². The summed E-state index contributed by atoms with van der Waals surface area (Å²) in [5, 5.41) is 3.39. The highest BCUT2D eigenvalue weighted by atomic mass is 16.6. The Morgan fingerprint density at radius 3 is 2.25 bits per heavy atom. The second-order valence-corrected chi connectivity index (χ2v) is 7.21. The predicted octanol–water partition coefficient (Wildman–Crippen LogP) is 3.49. The van der Waals surface area contributed by atoms with E-state index >= 15 is 0 Å². The molecular formula is C19H33N3O2. The lowest BCUT2D eigenvalue weighted by Gasteiger charge is -2.27. The minimum absolute atomic E-state index is 0.235. The van der Waals surface area contributed by atoms with Gasteiger partial charge in [-0.15, -0.1) is 0 Å². The number of ether oxygens (including phenoxy) is 1. The highest BCUT2D eigenvalue weighted by molar-refractivity contribution is 5.68. The molecule has 0 unspecified atom stereocenters. The summed E-state index contributed by atoms with van der Waals surface area (Å²) in [5.41, 5.74) is 1.97. The van der Waals surface area contributed by atoms with Crippen molar-refractivity contribution in [2.24, 2.45) is 0 Å². The molecule has 1 aromatic rings. The third-order valence-electron chi connectivity index (χ3n) is 3.49. The Morgan fingerprint density at radius 1 is 1.12 bits per heavy atom. The number of hydrogen-bond donors (Lipinski definition) is 1. The van der Waals surface area contributed by atoms with Gasteiger partial charge in [-0.1, -0.05) is 19.1 Å². The number of rotatable bonds is 8. The van der Waals surface area contributed by atoms with Gasteiger partial charge < -0.3 is 19.9 Å². The van der Waals surface area contributed by atoms with Crippen LogP contribution in [-0.4, -0.2) is 50.3 Å². The van der Waals surface area contributed by atoms with E-state index in [1.807, 2.05) is 34.9 Å². The third kappa shape index (κ3) is 7.68. The van der Waals surface area contributed by atoms with Crippen LogP contribution in [0.1, 0.15) is 39.7 Å². The molecule has 0 aliphatic carbocycles. The Hall–Kier alpha value is -1.75. The monoisotopic (exact) mass is 335 g/mol. The topological polar surface area (TPSA) is 44.8 Å². The maximum atomic E-state index is 12.2. The van der Waals surface area contributed by atoms with Gasteiger partial charge in [-0.05, 0) is 44.9 Å². The Balaban J connectivity index is 2.41. The van der Waals surface area contributed by atoms with Crippen molar-refractivity contribution in [1.29, 1.82) is 0 Å². The summed E-state index contributed by atoms with van der Waals surface area (Å²) in [7, 11) is 4.07. The number of carbonyl (C=O) groups is 1. The SMILES string of the molecule is CCCN(CCNCc1ccc(N(C)C)cc1)C(=O)OC(C)(C)C. The number of benzene rings is 1. The van der Waals surface area contributed by atoms with Crippen LogP contribution in [0.2, 0.25) is 0 Å².